The van der Waals surface area contributed by atoms with Crippen LogP contribution < -0.4 is 20.7 Å². The molecule has 3 aromatic rings. The summed E-state index contributed by atoms with van der Waals surface area (Å²) >= 11 is 0. The van der Waals surface area contributed by atoms with Crippen molar-refractivity contribution in [3.63, 3.8) is 0 Å². The van der Waals surface area contributed by atoms with Crippen molar-refractivity contribution in [3.05, 3.63) is 48.0 Å². The third-order valence-corrected chi connectivity index (χ3v) is 5.36. The minimum absolute atomic E-state index is 0.145. The molecule has 1 atom stereocenters. The Morgan fingerprint density at radius 2 is 2.03 bits per heavy atom. The van der Waals surface area contributed by atoms with E-state index >= 15 is 0 Å². The summed E-state index contributed by atoms with van der Waals surface area (Å²) < 4.78 is 16.5. The normalized spacial score (nSPS) is 11.9. The molecular formula is C18H23N9OS. The standard InChI is InChI=1S/C18H23N9OS/c1-21-29(28)11-5-6-13(26(2)3)12(9-11)25-18-15(17(20)22-10-23-18)16(19)14-7-8-24-27(14)4/h5-10,19,21H,1-4H3,(H3,20,22,23,25). The van der Waals surface area contributed by atoms with Gasteiger partial charge in [-0.15, -0.1) is 0 Å². The summed E-state index contributed by atoms with van der Waals surface area (Å²) in [7, 11) is 5.84. The van der Waals surface area contributed by atoms with Gasteiger partial charge in [0.15, 0.2) is 0 Å². The Hall–Kier alpha value is -3.31. The number of aromatic nitrogens is 4. The van der Waals surface area contributed by atoms with E-state index in [1.165, 1.54) is 6.33 Å². The van der Waals surface area contributed by atoms with E-state index in [4.69, 9.17) is 11.1 Å². The van der Waals surface area contributed by atoms with Crippen LogP contribution in [-0.2, 0) is 18.0 Å². The minimum atomic E-state index is -1.35. The lowest BCUT2D eigenvalue weighted by atomic mass is 10.1. The van der Waals surface area contributed by atoms with Crippen LogP contribution in [-0.4, -0.2) is 50.8 Å². The van der Waals surface area contributed by atoms with Gasteiger partial charge in [-0.25, -0.2) is 18.9 Å². The number of anilines is 4. The Kier molecular flexibility index (Phi) is 5.89. The summed E-state index contributed by atoms with van der Waals surface area (Å²) in [5, 5.41) is 16.0. The van der Waals surface area contributed by atoms with Crippen molar-refractivity contribution < 1.29 is 4.21 Å². The summed E-state index contributed by atoms with van der Waals surface area (Å²) in [5.41, 5.74) is 8.72. The van der Waals surface area contributed by atoms with E-state index in [0.29, 0.717) is 27.7 Å². The van der Waals surface area contributed by atoms with Crippen molar-refractivity contribution in [2.24, 2.45) is 7.05 Å². The molecule has 29 heavy (non-hydrogen) atoms. The molecule has 0 saturated heterocycles. The van der Waals surface area contributed by atoms with Crippen LogP contribution >= 0.6 is 0 Å². The van der Waals surface area contributed by atoms with Gasteiger partial charge in [-0.3, -0.25) is 10.1 Å². The Balaban J connectivity index is 2.10. The van der Waals surface area contributed by atoms with E-state index in [-0.39, 0.29) is 11.5 Å². The Morgan fingerprint density at radius 3 is 2.66 bits per heavy atom. The quantitative estimate of drug-likeness (QED) is 0.428. The molecular weight excluding hydrogens is 390 g/mol. The predicted octanol–water partition coefficient (Wildman–Crippen LogP) is 1.26. The Bertz CT molecular complexity index is 1080. The first kappa shape index (κ1) is 20.4. The molecule has 1 aromatic carbocycles. The van der Waals surface area contributed by atoms with Crippen LogP contribution in [0.15, 0.2) is 41.7 Å². The van der Waals surface area contributed by atoms with Gasteiger partial charge in [0, 0.05) is 27.3 Å². The van der Waals surface area contributed by atoms with Crippen LogP contribution in [0.5, 0.6) is 0 Å². The molecule has 2 heterocycles. The van der Waals surface area contributed by atoms with E-state index < -0.39 is 11.0 Å². The van der Waals surface area contributed by atoms with Crippen molar-refractivity contribution in [1.82, 2.24) is 24.5 Å². The lowest BCUT2D eigenvalue weighted by Gasteiger charge is -2.20. The SMILES string of the molecule is CNS(=O)c1ccc(N(C)C)c(Nc2ncnc(N)c2C(=N)c2ccnn2C)c1. The first-order valence-electron chi connectivity index (χ1n) is 8.68. The van der Waals surface area contributed by atoms with Gasteiger partial charge in [0.2, 0.25) is 0 Å². The largest absolute Gasteiger partial charge is 0.383 e. The van der Waals surface area contributed by atoms with Crippen LogP contribution in [0.1, 0.15) is 11.3 Å². The van der Waals surface area contributed by atoms with Crippen molar-refractivity contribution in [2.45, 2.75) is 4.90 Å². The zero-order valence-electron chi connectivity index (χ0n) is 16.6. The summed E-state index contributed by atoms with van der Waals surface area (Å²) in [4.78, 5) is 10.9. The zero-order valence-corrected chi connectivity index (χ0v) is 17.4. The molecule has 5 N–H and O–H groups in total. The first-order chi connectivity index (χ1) is 13.8. The summed E-state index contributed by atoms with van der Waals surface area (Å²) in [6, 6.07) is 7.15. The van der Waals surface area contributed by atoms with Crippen LogP contribution in [0.3, 0.4) is 0 Å². The van der Waals surface area contributed by atoms with Gasteiger partial charge < -0.3 is 16.0 Å². The van der Waals surface area contributed by atoms with Crippen LogP contribution in [0.2, 0.25) is 0 Å². The predicted molar refractivity (Wildman–Crippen MR) is 115 cm³/mol. The molecule has 0 aliphatic heterocycles. The Morgan fingerprint density at radius 1 is 1.28 bits per heavy atom. The van der Waals surface area contributed by atoms with E-state index in [1.807, 2.05) is 25.1 Å². The van der Waals surface area contributed by atoms with Gasteiger partial charge in [-0.05, 0) is 31.3 Å². The summed E-state index contributed by atoms with van der Waals surface area (Å²) in [5.74, 6) is 0.550. The second-order valence-electron chi connectivity index (χ2n) is 6.37. The monoisotopic (exact) mass is 413 g/mol. The van der Waals surface area contributed by atoms with E-state index in [9.17, 15) is 4.21 Å². The number of nitrogens with zero attached hydrogens (tertiary/aromatic N) is 5. The van der Waals surface area contributed by atoms with E-state index in [1.54, 1.807) is 43.2 Å². The highest BCUT2D eigenvalue weighted by Gasteiger charge is 2.20. The molecule has 0 aliphatic rings. The molecule has 0 aliphatic carbocycles. The van der Waals surface area contributed by atoms with Crippen molar-refractivity contribution in [1.29, 1.82) is 5.41 Å². The van der Waals surface area contributed by atoms with Crippen LogP contribution in [0.4, 0.5) is 23.0 Å². The van der Waals surface area contributed by atoms with Crippen molar-refractivity contribution in [3.8, 4) is 0 Å². The van der Waals surface area contributed by atoms with Crippen LogP contribution in [0.25, 0.3) is 0 Å². The third kappa shape index (κ3) is 4.10. The number of nitrogens with two attached hydrogens (primary N) is 1. The van der Waals surface area contributed by atoms with Gasteiger partial charge in [0.25, 0.3) is 0 Å². The zero-order chi connectivity index (χ0) is 21.1. The minimum Gasteiger partial charge on any atom is -0.383 e. The fourth-order valence-electron chi connectivity index (χ4n) is 2.85. The molecule has 10 nitrogen and oxygen atoms in total. The highest BCUT2D eigenvalue weighted by molar-refractivity contribution is 7.83. The molecule has 0 amide bonds. The van der Waals surface area contributed by atoms with E-state index in [2.05, 4.69) is 25.1 Å². The molecule has 0 radical (unpaired) electrons. The van der Waals surface area contributed by atoms with Gasteiger partial charge in [-0.1, -0.05) is 0 Å². The molecule has 0 saturated carbocycles. The lowest BCUT2D eigenvalue weighted by molar-refractivity contribution is 0.678. The van der Waals surface area contributed by atoms with Gasteiger partial charge in [0.1, 0.15) is 28.9 Å². The average Bonchev–Trinajstić information content (AvgIpc) is 3.12. The molecule has 11 heteroatoms. The summed E-state index contributed by atoms with van der Waals surface area (Å²) in [6.45, 7) is 0. The second kappa shape index (κ2) is 8.37. The fourth-order valence-corrected chi connectivity index (χ4v) is 3.51. The molecule has 2 aromatic heterocycles. The van der Waals surface area contributed by atoms with Crippen molar-refractivity contribution in [2.75, 3.05) is 37.1 Å². The molecule has 1 unspecified atom stereocenters. The van der Waals surface area contributed by atoms with Crippen molar-refractivity contribution >= 4 is 39.7 Å². The third-order valence-electron chi connectivity index (χ3n) is 4.31. The average molecular weight is 414 g/mol. The summed E-state index contributed by atoms with van der Waals surface area (Å²) in [6.07, 6.45) is 2.94. The van der Waals surface area contributed by atoms with Gasteiger partial charge >= 0.3 is 0 Å². The van der Waals surface area contributed by atoms with Crippen LogP contribution in [0, 0.1) is 5.41 Å². The number of aryl methyl sites for hydroxylation is 1. The lowest BCUT2D eigenvalue weighted by Crippen LogP contribution is -2.17. The second-order valence-corrected chi connectivity index (χ2v) is 7.79. The molecule has 0 bridgehead atoms. The van der Waals surface area contributed by atoms with E-state index in [0.717, 1.165) is 5.69 Å². The highest BCUT2D eigenvalue weighted by Crippen LogP contribution is 2.31. The Labute approximate surface area is 171 Å². The number of nitrogen functional groups attached to an aromatic ring is 1. The maximum atomic E-state index is 12.2. The molecule has 152 valence electrons. The molecule has 0 spiro atoms. The fraction of sp³-hybridized carbons (Fsp3) is 0.222. The first-order valence-corrected chi connectivity index (χ1v) is 9.83. The highest BCUT2D eigenvalue weighted by atomic mass is 32.2. The molecule has 0 fully saturated rings. The number of hydrogen-bond donors (Lipinski definition) is 4. The number of benzene rings is 1. The number of hydrogen-bond acceptors (Lipinski definition) is 8. The number of nitrogens with one attached hydrogen (secondary N) is 3. The maximum absolute atomic E-state index is 12.2. The van der Waals surface area contributed by atoms with Gasteiger partial charge in [-0.2, -0.15) is 5.10 Å². The maximum Gasteiger partial charge on any atom is 0.145 e. The topological polar surface area (TPSA) is 138 Å². The smallest absolute Gasteiger partial charge is 0.145 e. The van der Waals surface area contributed by atoms with Gasteiger partial charge in [0.05, 0.1) is 33.2 Å². The molecule has 3 rings (SSSR count). The number of rotatable bonds is 7.